The van der Waals surface area contributed by atoms with Gasteiger partial charge in [0.1, 0.15) is 5.54 Å². The van der Waals surface area contributed by atoms with E-state index in [1.54, 1.807) is 31.3 Å². The molecule has 4 rings (SSSR count). The number of thioether (sulfide) groups is 1. The number of amides is 1. The first-order chi connectivity index (χ1) is 13.2. The van der Waals surface area contributed by atoms with Crippen molar-refractivity contribution in [3.8, 4) is 0 Å². The number of nitrogens with zero attached hydrogens (tertiary/aromatic N) is 2. The molecule has 1 saturated heterocycles. The lowest BCUT2D eigenvalue weighted by Crippen LogP contribution is -2.42. The van der Waals surface area contributed by atoms with Gasteiger partial charge in [-0.3, -0.25) is 4.79 Å². The quantitative estimate of drug-likeness (QED) is 0.656. The lowest BCUT2D eigenvalue weighted by molar-refractivity contribution is 0.0977. The zero-order chi connectivity index (χ0) is 18.7. The maximum atomic E-state index is 12.5. The minimum atomic E-state index is -0.453. The molecule has 2 aliphatic heterocycles. The standard InChI is InChI=1S/C20H19BN3O2S/c25-14-21-24-11-17-12-27-19(22-18(26)15-7-3-1-4-8-15)23-20(17,13-24)16-9-5-2-6-10-16/h1-10,14,17H,11-13H2,(H,22,23,26)/t17-,20+/m0/s1. The molecule has 2 heterocycles. The Bertz CT molecular complexity index is 862. The minimum Gasteiger partial charge on any atom is -0.337 e. The molecule has 135 valence electrons. The van der Waals surface area contributed by atoms with Crippen LogP contribution in [-0.4, -0.2) is 48.3 Å². The first-order valence-corrected chi connectivity index (χ1v) is 9.87. The van der Waals surface area contributed by atoms with Crippen LogP contribution in [0.15, 0.2) is 65.7 Å². The van der Waals surface area contributed by atoms with E-state index < -0.39 is 5.54 Å². The number of carbonyl (C=O) groups excluding carboxylic acids is 2. The molecule has 2 aromatic rings. The number of benzene rings is 2. The Labute approximate surface area is 163 Å². The van der Waals surface area contributed by atoms with Gasteiger partial charge in [0.05, 0.1) is 6.19 Å². The fourth-order valence-corrected chi connectivity index (χ4v) is 4.92. The molecule has 0 aromatic heterocycles. The Morgan fingerprint density at radius 1 is 1.19 bits per heavy atom. The predicted octanol–water partition coefficient (Wildman–Crippen LogP) is 2.16. The van der Waals surface area contributed by atoms with Crippen molar-refractivity contribution in [3.63, 3.8) is 0 Å². The number of aliphatic imine (C=N–C) groups is 1. The molecule has 1 amide bonds. The maximum Gasteiger partial charge on any atom is 0.293 e. The van der Waals surface area contributed by atoms with Crippen molar-refractivity contribution in [3.05, 3.63) is 71.8 Å². The summed E-state index contributed by atoms with van der Waals surface area (Å²) < 4.78 is 0. The molecule has 2 aromatic carbocycles. The van der Waals surface area contributed by atoms with E-state index in [-0.39, 0.29) is 11.8 Å². The topological polar surface area (TPSA) is 61.8 Å². The smallest absolute Gasteiger partial charge is 0.293 e. The molecule has 5 nitrogen and oxygen atoms in total. The van der Waals surface area contributed by atoms with Crippen LogP contribution in [0.1, 0.15) is 15.9 Å². The minimum absolute atomic E-state index is 0.155. The molecule has 27 heavy (non-hydrogen) atoms. The highest BCUT2D eigenvalue weighted by atomic mass is 32.2. The van der Waals surface area contributed by atoms with Crippen LogP contribution < -0.4 is 5.32 Å². The van der Waals surface area contributed by atoms with Crippen LogP contribution in [0.25, 0.3) is 0 Å². The van der Waals surface area contributed by atoms with Gasteiger partial charge in [0.25, 0.3) is 13.3 Å². The molecule has 0 bridgehead atoms. The van der Waals surface area contributed by atoms with E-state index in [9.17, 15) is 9.59 Å². The van der Waals surface area contributed by atoms with Crippen molar-refractivity contribution < 1.29 is 9.59 Å². The van der Waals surface area contributed by atoms with E-state index in [4.69, 9.17) is 4.99 Å². The highest BCUT2D eigenvalue weighted by Crippen LogP contribution is 2.45. The predicted molar refractivity (Wildman–Crippen MR) is 109 cm³/mol. The summed E-state index contributed by atoms with van der Waals surface area (Å²) in [6, 6.07) is 19.3. The van der Waals surface area contributed by atoms with E-state index >= 15 is 0 Å². The van der Waals surface area contributed by atoms with Crippen LogP contribution in [0.2, 0.25) is 0 Å². The monoisotopic (exact) mass is 376 g/mol. The summed E-state index contributed by atoms with van der Waals surface area (Å²) in [7, 11) is 1.59. The Balaban J connectivity index is 1.65. The van der Waals surface area contributed by atoms with Gasteiger partial charge in [0.2, 0.25) is 0 Å². The Kier molecular flexibility index (Phi) is 5.14. The van der Waals surface area contributed by atoms with Crippen molar-refractivity contribution in [2.45, 2.75) is 5.54 Å². The first-order valence-electron chi connectivity index (χ1n) is 8.88. The second-order valence-electron chi connectivity index (χ2n) is 6.75. The number of rotatable bonds is 4. The molecule has 1 fully saturated rings. The van der Waals surface area contributed by atoms with Crippen molar-refractivity contribution in [1.82, 2.24) is 10.1 Å². The van der Waals surface area contributed by atoms with E-state index in [0.717, 1.165) is 24.0 Å². The third-order valence-corrected chi connectivity index (χ3v) is 6.13. The van der Waals surface area contributed by atoms with Crippen LogP contribution in [0, 0.1) is 5.92 Å². The number of hydrogen-bond acceptors (Lipinski definition) is 5. The second kappa shape index (κ2) is 7.70. The van der Waals surface area contributed by atoms with Gasteiger partial charge in [-0.2, -0.15) is 0 Å². The van der Waals surface area contributed by atoms with Gasteiger partial charge in [-0.1, -0.05) is 60.3 Å². The molecule has 7 heteroatoms. The summed E-state index contributed by atoms with van der Waals surface area (Å²) in [4.78, 5) is 30.6. The van der Waals surface area contributed by atoms with Crippen molar-refractivity contribution in [1.29, 1.82) is 0 Å². The Hall–Kier alpha value is -2.38. The number of amidine groups is 1. The number of hydrogen-bond donors (Lipinski definition) is 1. The normalized spacial score (nSPS) is 24.6. The average molecular weight is 376 g/mol. The zero-order valence-electron chi connectivity index (χ0n) is 14.7. The summed E-state index contributed by atoms with van der Waals surface area (Å²) in [5.41, 5.74) is 1.27. The van der Waals surface area contributed by atoms with Gasteiger partial charge in [-0.25, -0.2) is 4.99 Å². The molecule has 2 aliphatic rings. The maximum absolute atomic E-state index is 12.5. The molecule has 0 unspecified atom stereocenters. The SMILES string of the molecule is O=C[B]N1C[C@H]2CSC(NC(=O)c3ccccc3)=N[C@@]2(c2ccccc2)C1. The van der Waals surface area contributed by atoms with Gasteiger partial charge in [-0.15, -0.1) is 0 Å². The van der Waals surface area contributed by atoms with Gasteiger partial charge < -0.3 is 14.9 Å². The van der Waals surface area contributed by atoms with Crippen molar-refractivity contribution in [2.75, 3.05) is 18.8 Å². The summed E-state index contributed by atoms with van der Waals surface area (Å²) in [6.07, 6.45) is 0.824. The van der Waals surface area contributed by atoms with E-state index in [0.29, 0.717) is 17.3 Å². The molecule has 2 atom stereocenters. The highest BCUT2D eigenvalue weighted by Gasteiger charge is 2.50. The summed E-state index contributed by atoms with van der Waals surface area (Å²) in [5, 5.41) is 3.60. The third kappa shape index (κ3) is 3.57. The van der Waals surface area contributed by atoms with Crippen molar-refractivity contribution >= 4 is 36.4 Å². The fraction of sp³-hybridized carbons (Fsp3) is 0.250. The fourth-order valence-electron chi connectivity index (χ4n) is 3.79. The van der Waals surface area contributed by atoms with Gasteiger partial charge >= 0.3 is 0 Å². The highest BCUT2D eigenvalue weighted by molar-refractivity contribution is 8.13. The molecular formula is C20H19BN3O2S. The molecule has 0 aliphatic carbocycles. The second-order valence-corrected chi connectivity index (χ2v) is 7.76. The van der Waals surface area contributed by atoms with E-state index in [1.165, 1.54) is 0 Å². The van der Waals surface area contributed by atoms with Gasteiger partial charge in [0, 0.05) is 23.8 Å². The number of nitrogens with one attached hydrogen (secondary N) is 1. The molecule has 0 saturated carbocycles. The lowest BCUT2D eigenvalue weighted by atomic mass is 9.82. The van der Waals surface area contributed by atoms with Crippen LogP contribution in [-0.2, 0) is 10.3 Å². The largest absolute Gasteiger partial charge is 0.337 e. The summed E-state index contributed by atoms with van der Waals surface area (Å²) >= 11 is 1.57. The number of fused-ring (bicyclic) bond motifs is 1. The first kappa shape index (κ1) is 18.0. The van der Waals surface area contributed by atoms with Crippen molar-refractivity contribution in [2.24, 2.45) is 10.9 Å². The lowest BCUT2D eigenvalue weighted by Gasteiger charge is -2.35. The van der Waals surface area contributed by atoms with Crippen LogP contribution >= 0.6 is 11.8 Å². The number of carbonyl (C=O) groups is 2. The van der Waals surface area contributed by atoms with Crippen LogP contribution in [0.5, 0.6) is 0 Å². The molecule has 0 spiro atoms. The third-order valence-electron chi connectivity index (χ3n) is 5.10. The van der Waals surface area contributed by atoms with E-state index in [1.807, 2.05) is 41.2 Å². The summed E-state index contributed by atoms with van der Waals surface area (Å²) in [5.74, 6) is 0.961. The molecule has 1 radical (unpaired) electrons. The van der Waals surface area contributed by atoms with Crippen LogP contribution in [0.3, 0.4) is 0 Å². The van der Waals surface area contributed by atoms with Crippen LogP contribution in [0.4, 0.5) is 0 Å². The average Bonchev–Trinajstić information content (AvgIpc) is 3.08. The summed E-state index contributed by atoms with van der Waals surface area (Å²) in [6.45, 7) is 1.41. The van der Waals surface area contributed by atoms with Gasteiger partial charge in [-0.05, 0) is 24.2 Å². The molecular weight excluding hydrogens is 357 g/mol. The van der Waals surface area contributed by atoms with E-state index in [2.05, 4.69) is 17.4 Å². The molecule has 1 N–H and O–H groups in total. The van der Waals surface area contributed by atoms with Gasteiger partial charge in [0.15, 0.2) is 5.17 Å². The Morgan fingerprint density at radius 3 is 2.59 bits per heavy atom. The zero-order valence-corrected chi connectivity index (χ0v) is 15.6. The Morgan fingerprint density at radius 2 is 1.89 bits per heavy atom.